The fourth-order valence-corrected chi connectivity index (χ4v) is 12.9. The van der Waals surface area contributed by atoms with E-state index in [4.69, 9.17) is 0 Å². The zero-order valence-corrected chi connectivity index (χ0v) is 34.8. The maximum atomic E-state index is 2.57. The number of hydrogen-bond acceptors (Lipinski definition) is 0. The van der Waals surface area contributed by atoms with Crippen LogP contribution in [-0.4, -0.2) is 9.13 Å². The topological polar surface area (TPSA) is 9.86 Å². The lowest BCUT2D eigenvalue weighted by Gasteiger charge is -2.48. The van der Waals surface area contributed by atoms with Gasteiger partial charge in [-0.3, -0.25) is 0 Å². The van der Waals surface area contributed by atoms with E-state index in [-0.39, 0.29) is 0 Å². The van der Waals surface area contributed by atoms with Crippen LogP contribution in [0.2, 0.25) is 0 Å². The van der Waals surface area contributed by atoms with Crippen molar-refractivity contribution in [2.45, 2.75) is 10.8 Å². The Bertz CT molecular complexity index is 3880. The Morgan fingerprint density at radius 1 is 0.219 bits per heavy atom. The molecule has 10 aromatic carbocycles. The van der Waals surface area contributed by atoms with Crippen LogP contribution in [0.5, 0.6) is 0 Å². The molecule has 2 aromatic heterocycles. The second-order valence-corrected chi connectivity index (χ2v) is 17.9. The van der Waals surface area contributed by atoms with Crippen LogP contribution < -0.4 is 0 Å². The third kappa shape index (κ3) is 3.99. The molecule has 15 rings (SSSR count). The number of nitrogens with zero attached hydrogens (tertiary/aromatic N) is 2. The number of hydrogen-bond donors (Lipinski definition) is 0. The van der Waals surface area contributed by atoms with Gasteiger partial charge in [-0.15, -0.1) is 0 Å². The number of rotatable bonds is 2. The van der Waals surface area contributed by atoms with Gasteiger partial charge in [-0.05, 0) is 121 Å². The lowest BCUT2D eigenvalue weighted by atomic mass is 9.52. The van der Waals surface area contributed by atoms with Crippen LogP contribution in [0, 0.1) is 0 Å². The summed E-state index contributed by atoms with van der Waals surface area (Å²) in [5, 5.41) is 5.01. The molecule has 2 heterocycles. The smallest absolute Gasteiger partial charge is 0.0720 e. The van der Waals surface area contributed by atoms with Gasteiger partial charge in [0.25, 0.3) is 0 Å². The summed E-state index contributed by atoms with van der Waals surface area (Å²) in [6.07, 6.45) is 0. The van der Waals surface area contributed by atoms with Crippen molar-refractivity contribution in [1.82, 2.24) is 9.13 Å². The van der Waals surface area contributed by atoms with Crippen LogP contribution >= 0.6 is 0 Å². The predicted octanol–water partition coefficient (Wildman–Crippen LogP) is 14.9. The molecule has 64 heavy (non-hydrogen) atoms. The number of para-hydroxylation sites is 3. The fourth-order valence-electron chi connectivity index (χ4n) is 12.9. The first-order valence-electron chi connectivity index (χ1n) is 22.4. The molecular weight excluding hydrogens is 773 g/mol. The Morgan fingerprint density at radius 3 is 1.16 bits per heavy atom. The standard InChI is InChI=1S/C62H38N2/c1-2-18-39(19-3-1)63-57-32-16-7-23-44(57)47-36-40(34-35-59(47)63)64-58-33-17-8-24-45(58)48-37-56-46(38-60(48)64)43-22-6-11-27-51(43)62(56)54-30-14-12-28-52(54)61(53-29-13-15-31-55(53)62)49-25-9-4-20-41(49)42-21-5-10-26-50(42)61/h1-38H. The molecule has 0 amide bonds. The van der Waals surface area contributed by atoms with Crippen molar-refractivity contribution in [2.24, 2.45) is 0 Å². The highest BCUT2D eigenvalue weighted by Gasteiger charge is 2.59. The van der Waals surface area contributed by atoms with Crippen LogP contribution in [0.1, 0.15) is 44.5 Å². The summed E-state index contributed by atoms with van der Waals surface area (Å²) < 4.78 is 4.91. The van der Waals surface area contributed by atoms with Crippen molar-refractivity contribution < 1.29 is 0 Å². The number of fused-ring (bicyclic) bond motifs is 22. The molecule has 2 spiro atoms. The molecular formula is C62H38N2. The summed E-state index contributed by atoms with van der Waals surface area (Å²) in [5.41, 5.74) is 22.2. The van der Waals surface area contributed by atoms with Crippen LogP contribution in [0.25, 0.3) is 77.2 Å². The average molecular weight is 811 g/mol. The molecule has 3 aliphatic carbocycles. The Hall–Kier alpha value is -8.20. The minimum atomic E-state index is -0.549. The van der Waals surface area contributed by atoms with Crippen molar-refractivity contribution in [2.75, 3.05) is 0 Å². The van der Waals surface area contributed by atoms with Gasteiger partial charge in [-0.2, -0.15) is 0 Å². The summed E-state index contributed by atoms with van der Waals surface area (Å²) >= 11 is 0. The maximum absolute atomic E-state index is 2.57. The van der Waals surface area contributed by atoms with Crippen molar-refractivity contribution in [3.05, 3.63) is 275 Å². The Balaban J connectivity index is 1.04. The summed E-state index contributed by atoms with van der Waals surface area (Å²) in [4.78, 5) is 0. The highest BCUT2D eigenvalue weighted by molar-refractivity contribution is 6.14. The van der Waals surface area contributed by atoms with E-state index in [1.807, 2.05) is 0 Å². The molecule has 0 aliphatic heterocycles. The lowest BCUT2D eigenvalue weighted by Crippen LogP contribution is -2.43. The van der Waals surface area contributed by atoms with Crippen LogP contribution in [-0.2, 0) is 10.8 Å². The highest BCUT2D eigenvalue weighted by Crippen LogP contribution is 2.67. The molecule has 0 N–H and O–H groups in total. The molecule has 0 saturated carbocycles. The van der Waals surface area contributed by atoms with Crippen LogP contribution in [0.4, 0.5) is 0 Å². The van der Waals surface area contributed by atoms with E-state index < -0.39 is 10.8 Å². The SMILES string of the molecule is c1ccc(-n2c3ccccc3c3cc(-n4c5ccccc5c5cc6c(cc54)-c4ccccc4C64c5ccccc5C5(c6ccccc6-c6ccccc65)c5ccccc54)ccc32)cc1. The molecule has 3 aliphatic rings. The van der Waals surface area contributed by atoms with Gasteiger partial charge in [0.2, 0.25) is 0 Å². The Labute approximate surface area is 370 Å². The van der Waals surface area contributed by atoms with Gasteiger partial charge in [0.05, 0.1) is 32.9 Å². The first-order valence-corrected chi connectivity index (χ1v) is 22.4. The van der Waals surface area contributed by atoms with Crippen molar-refractivity contribution in [3.63, 3.8) is 0 Å². The van der Waals surface area contributed by atoms with Gasteiger partial charge in [0.15, 0.2) is 0 Å². The summed E-state index contributed by atoms with van der Waals surface area (Å²) in [7, 11) is 0. The maximum Gasteiger partial charge on any atom is 0.0720 e. The Kier molecular flexibility index (Phi) is 6.58. The highest BCUT2D eigenvalue weighted by atomic mass is 15.0. The summed E-state index contributed by atoms with van der Waals surface area (Å²) in [6.45, 7) is 0. The largest absolute Gasteiger partial charge is 0.309 e. The van der Waals surface area contributed by atoms with Gasteiger partial charge in [0, 0.05) is 32.9 Å². The van der Waals surface area contributed by atoms with E-state index >= 15 is 0 Å². The van der Waals surface area contributed by atoms with Crippen molar-refractivity contribution >= 4 is 43.6 Å². The molecule has 0 radical (unpaired) electrons. The third-order valence-electron chi connectivity index (χ3n) is 15.2. The predicted molar refractivity (Wildman–Crippen MR) is 263 cm³/mol. The molecule has 296 valence electrons. The van der Waals surface area contributed by atoms with Gasteiger partial charge < -0.3 is 9.13 Å². The van der Waals surface area contributed by atoms with E-state index in [1.54, 1.807) is 0 Å². The number of benzene rings is 10. The first kappa shape index (κ1) is 34.4. The van der Waals surface area contributed by atoms with E-state index in [2.05, 4.69) is 240 Å². The first-order chi connectivity index (χ1) is 31.8. The van der Waals surface area contributed by atoms with E-state index in [0.717, 1.165) is 5.69 Å². The minimum absolute atomic E-state index is 0.467. The quantitative estimate of drug-likeness (QED) is 0.165. The molecule has 0 atom stereocenters. The van der Waals surface area contributed by atoms with Gasteiger partial charge >= 0.3 is 0 Å². The average Bonchev–Trinajstić information content (AvgIpc) is 4.06. The molecule has 0 bridgehead atoms. The molecule has 2 heteroatoms. The fraction of sp³-hybridized carbons (Fsp3) is 0.0323. The molecule has 0 fully saturated rings. The van der Waals surface area contributed by atoms with Gasteiger partial charge in [-0.1, -0.05) is 176 Å². The van der Waals surface area contributed by atoms with Crippen molar-refractivity contribution in [1.29, 1.82) is 0 Å². The second-order valence-electron chi connectivity index (χ2n) is 17.9. The molecule has 0 unspecified atom stereocenters. The molecule has 0 saturated heterocycles. The van der Waals surface area contributed by atoms with Gasteiger partial charge in [-0.25, -0.2) is 0 Å². The molecule has 2 nitrogen and oxygen atoms in total. The van der Waals surface area contributed by atoms with E-state index in [0.29, 0.717) is 0 Å². The Morgan fingerprint density at radius 2 is 0.609 bits per heavy atom. The normalized spacial score (nSPS) is 14.5. The lowest BCUT2D eigenvalue weighted by molar-refractivity contribution is 0.633. The van der Waals surface area contributed by atoms with E-state index in [1.165, 1.54) is 116 Å². The zero-order valence-electron chi connectivity index (χ0n) is 34.8. The van der Waals surface area contributed by atoms with Crippen molar-refractivity contribution in [3.8, 4) is 33.6 Å². The summed E-state index contributed by atoms with van der Waals surface area (Å²) in [5.74, 6) is 0. The zero-order chi connectivity index (χ0) is 41.7. The van der Waals surface area contributed by atoms with Crippen LogP contribution in [0.15, 0.2) is 231 Å². The monoisotopic (exact) mass is 810 g/mol. The summed E-state index contributed by atoms with van der Waals surface area (Å²) in [6, 6.07) is 87.0. The van der Waals surface area contributed by atoms with E-state index in [9.17, 15) is 0 Å². The second kappa shape index (κ2) is 12.2. The minimum Gasteiger partial charge on any atom is -0.309 e. The van der Waals surface area contributed by atoms with Gasteiger partial charge in [0.1, 0.15) is 0 Å². The third-order valence-corrected chi connectivity index (χ3v) is 15.2. The number of aromatic nitrogens is 2. The molecule has 12 aromatic rings. The van der Waals surface area contributed by atoms with Crippen LogP contribution in [0.3, 0.4) is 0 Å².